The maximum atomic E-state index is 11.9. The van der Waals surface area contributed by atoms with Gasteiger partial charge < -0.3 is 0 Å². The zero-order chi connectivity index (χ0) is 9.97. The van der Waals surface area contributed by atoms with Crippen molar-refractivity contribution >= 4 is 5.78 Å². The molecule has 0 radical (unpaired) electrons. The molecule has 0 aromatic carbocycles. The van der Waals surface area contributed by atoms with Crippen LogP contribution >= 0.6 is 0 Å². The number of fused-ring (bicyclic) bond motifs is 1. The summed E-state index contributed by atoms with van der Waals surface area (Å²) < 4.78 is 0. The quantitative estimate of drug-likeness (QED) is 0.671. The molecule has 1 heteroatoms. The van der Waals surface area contributed by atoms with Gasteiger partial charge in [-0.25, -0.2) is 0 Å². The molecule has 3 rings (SSSR count). The molecule has 4 atom stereocenters. The molecule has 0 amide bonds. The molecule has 14 heavy (non-hydrogen) atoms. The van der Waals surface area contributed by atoms with Gasteiger partial charge >= 0.3 is 0 Å². The molecular weight excluding hydrogens is 172 g/mol. The lowest BCUT2D eigenvalue weighted by Crippen LogP contribution is -2.15. The minimum atomic E-state index is 0.182. The lowest BCUT2D eigenvalue weighted by molar-refractivity contribution is -0.123. The van der Waals surface area contributed by atoms with Gasteiger partial charge in [0.15, 0.2) is 0 Å². The Labute approximate surface area is 86.3 Å². The van der Waals surface area contributed by atoms with Crippen molar-refractivity contribution < 1.29 is 4.79 Å². The maximum absolute atomic E-state index is 11.9. The van der Waals surface area contributed by atoms with Gasteiger partial charge in [-0.3, -0.25) is 4.79 Å². The van der Waals surface area contributed by atoms with Crippen LogP contribution in [-0.4, -0.2) is 5.78 Å². The first kappa shape index (κ1) is 8.94. The average molecular weight is 192 g/mol. The van der Waals surface area contributed by atoms with Gasteiger partial charge in [-0.15, -0.1) is 0 Å². The first-order chi connectivity index (χ1) is 6.61. The minimum Gasteiger partial charge on any atom is -0.299 e. The van der Waals surface area contributed by atoms with Crippen LogP contribution in [0.4, 0.5) is 0 Å². The Morgan fingerprint density at radius 3 is 2.64 bits per heavy atom. The van der Waals surface area contributed by atoms with E-state index in [4.69, 9.17) is 0 Å². The Bertz CT molecular complexity index is 296. The van der Waals surface area contributed by atoms with Gasteiger partial charge in [0.05, 0.1) is 0 Å². The standard InChI is InChI=1S/C13H20O/c1-3-9-6-10(9)7-13-8-12(13,2)5-4-11(13)14/h9-10H,3-8H2,1-2H3/t9-,10-,12+,13+/m1/s1. The van der Waals surface area contributed by atoms with E-state index >= 15 is 0 Å². The molecule has 0 heterocycles. The van der Waals surface area contributed by atoms with Crippen molar-refractivity contribution in [3.8, 4) is 0 Å². The minimum absolute atomic E-state index is 0.182. The number of hydrogen-bond acceptors (Lipinski definition) is 1. The molecule has 0 aromatic heterocycles. The Hall–Kier alpha value is -0.330. The summed E-state index contributed by atoms with van der Waals surface area (Å²) in [4.78, 5) is 11.9. The van der Waals surface area contributed by atoms with Crippen molar-refractivity contribution in [2.45, 2.75) is 52.4 Å². The van der Waals surface area contributed by atoms with Gasteiger partial charge in [0.2, 0.25) is 0 Å². The summed E-state index contributed by atoms with van der Waals surface area (Å²) in [6, 6.07) is 0. The van der Waals surface area contributed by atoms with E-state index in [0.717, 1.165) is 18.3 Å². The average Bonchev–Trinajstić information content (AvgIpc) is 3.00. The molecule has 0 aliphatic heterocycles. The highest BCUT2D eigenvalue weighted by Crippen LogP contribution is 2.75. The molecule has 3 aliphatic rings. The highest BCUT2D eigenvalue weighted by molar-refractivity contribution is 5.92. The largest absolute Gasteiger partial charge is 0.299 e. The van der Waals surface area contributed by atoms with Crippen LogP contribution in [0, 0.1) is 22.7 Å². The van der Waals surface area contributed by atoms with Crippen LogP contribution in [0.3, 0.4) is 0 Å². The van der Waals surface area contributed by atoms with Gasteiger partial charge in [-0.1, -0.05) is 20.3 Å². The van der Waals surface area contributed by atoms with Crippen molar-refractivity contribution in [3.05, 3.63) is 0 Å². The lowest BCUT2D eigenvalue weighted by atomic mass is 9.90. The molecule has 3 aliphatic carbocycles. The van der Waals surface area contributed by atoms with Gasteiger partial charge in [0, 0.05) is 11.8 Å². The predicted octanol–water partition coefficient (Wildman–Crippen LogP) is 3.18. The van der Waals surface area contributed by atoms with E-state index in [0.29, 0.717) is 11.2 Å². The van der Waals surface area contributed by atoms with E-state index in [9.17, 15) is 4.79 Å². The molecule has 0 saturated heterocycles. The summed E-state index contributed by atoms with van der Waals surface area (Å²) in [5, 5.41) is 0. The second-order valence-electron chi connectivity index (χ2n) is 6.11. The summed E-state index contributed by atoms with van der Waals surface area (Å²) >= 11 is 0. The van der Waals surface area contributed by atoms with Gasteiger partial charge in [0.1, 0.15) is 5.78 Å². The van der Waals surface area contributed by atoms with Crippen LogP contribution in [0.1, 0.15) is 52.4 Å². The van der Waals surface area contributed by atoms with E-state index in [2.05, 4.69) is 13.8 Å². The molecule has 1 nitrogen and oxygen atoms in total. The molecular formula is C13H20O. The summed E-state index contributed by atoms with van der Waals surface area (Å²) in [6.07, 6.45) is 7.23. The highest BCUT2D eigenvalue weighted by Gasteiger charge is 2.72. The third kappa shape index (κ3) is 0.936. The Kier molecular flexibility index (Phi) is 1.55. The summed E-state index contributed by atoms with van der Waals surface area (Å²) in [5.74, 6) is 2.47. The number of carbonyl (C=O) groups excluding carboxylic acids is 1. The predicted molar refractivity (Wildman–Crippen MR) is 55.9 cm³/mol. The first-order valence-corrected chi connectivity index (χ1v) is 6.15. The van der Waals surface area contributed by atoms with Crippen LogP contribution in [-0.2, 0) is 4.79 Å². The fourth-order valence-electron chi connectivity index (χ4n) is 3.95. The normalized spacial score (nSPS) is 54.6. The number of hydrogen-bond donors (Lipinski definition) is 0. The van der Waals surface area contributed by atoms with Crippen LogP contribution in [0.15, 0.2) is 0 Å². The summed E-state index contributed by atoms with van der Waals surface area (Å²) in [5.41, 5.74) is 0.618. The molecule has 0 N–H and O–H groups in total. The Morgan fingerprint density at radius 2 is 2.21 bits per heavy atom. The molecule has 0 unspecified atom stereocenters. The van der Waals surface area contributed by atoms with Crippen LogP contribution in [0.5, 0.6) is 0 Å². The summed E-state index contributed by atoms with van der Waals surface area (Å²) in [7, 11) is 0. The molecule has 0 bridgehead atoms. The molecule has 3 saturated carbocycles. The zero-order valence-corrected chi connectivity index (χ0v) is 9.31. The van der Waals surface area contributed by atoms with Gasteiger partial charge in [-0.05, 0) is 42.9 Å². The Morgan fingerprint density at radius 1 is 1.43 bits per heavy atom. The number of carbonyl (C=O) groups is 1. The lowest BCUT2D eigenvalue weighted by Gasteiger charge is -2.12. The first-order valence-electron chi connectivity index (χ1n) is 6.15. The van der Waals surface area contributed by atoms with Crippen molar-refractivity contribution in [1.29, 1.82) is 0 Å². The molecule has 78 valence electrons. The highest BCUT2D eigenvalue weighted by atomic mass is 16.1. The van der Waals surface area contributed by atoms with Crippen LogP contribution in [0.25, 0.3) is 0 Å². The van der Waals surface area contributed by atoms with E-state index < -0.39 is 0 Å². The number of rotatable bonds is 3. The zero-order valence-electron chi connectivity index (χ0n) is 9.31. The third-order valence-electron chi connectivity index (χ3n) is 5.36. The number of ketones is 1. The van der Waals surface area contributed by atoms with Crippen molar-refractivity contribution in [2.24, 2.45) is 22.7 Å². The SMILES string of the molecule is CC[C@@H]1C[C@@H]1C[C@@]12C[C@]1(C)CCC2=O. The van der Waals surface area contributed by atoms with Crippen molar-refractivity contribution in [1.82, 2.24) is 0 Å². The van der Waals surface area contributed by atoms with Crippen molar-refractivity contribution in [3.63, 3.8) is 0 Å². The topological polar surface area (TPSA) is 17.1 Å². The maximum Gasteiger partial charge on any atom is 0.139 e. The van der Waals surface area contributed by atoms with Gasteiger partial charge in [0.25, 0.3) is 0 Å². The van der Waals surface area contributed by atoms with E-state index in [1.807, 2.05) is 0 Å². The van der Waals surface area contributed by atoms with Gasteiger partial charge in [-0.2, -0.15) is 0 Å². The molecule has 3 fully saturated rings. The molecule has 0 spiro atoms. The third-order valence-corrected chi connectivity index (χ3v) is 5.36. The second kappa shape index (κ2) is 2.43. The second-order valence-corrected chi connectivity index (χ2v) is 6.11. The van der Waals surface area contributed by atoms with E-state index in [1.165, 1.54) is 32.1 Å². The molecule has 0 aromatic rings. The monoisotopic (exact) mass is 192 g/mol. The fourth-order valence-corrected chi connectivity index (χ4v) is 3.95. The smallest absolute Gasteiger partial charge is 0.139 e. The summed E-state index contributed by atoms with van der Waals surface area (Å²) in [6.45, 7) is 4.62. The van der Waals surface area contributed by atoms with Crippen molar-refractivity contribution in [2.75, 3.05) is 0 Å². The van der Waals surface area contributed by atoms with Crippen LogP contribution in [0.2, 0.25) is 0 Å². The van der Waals surface area contributed by atoms with E-state index in [-0.39, 0.29) is 5.41 Å². The van der Waals surface area contributed by atoms with Crippen LogP contribution < -0.4 is 0 Å². The fraction of sp³-hybridized carbons (Fsp3) is 0.923. The number of Topliss-reactive ketones (excluding diaryl/α,β-unsaturated/α-hetero) is 1. The van der Waals surface area contributed by atoms with E-state index in [1.54, 1.807) is 0 Å². The Balaban J connectivity index is 1.71.